The average Bonchev–Trinajstić information content (AvgIpc) is 3.95. The fourth-order valence-electron chi connectivity index (χ4n) is 7.52. The topological polar surface area (TPSA) is 202 Å². The van der Waals surface area contributed by atoms with Crippen LogP contribution < -0.4 is 11.5 Å². The lowest BCUT2D eigenvalue weighted by atomic mass is 10.1. The van der Waals surface area contributed by atoms with Crippen molar-refractivity contribution in [2.45, 2.75) is 25.7 Å². The van der Waals surface area contributed by atoms with E-state index in [0.717, 1.165) is 77.7 Å². The van der Waals surface area contributed by atoms with Gasteiger partial charge in [0.15, 0.2) is 11.3 Å². The van der Waals surface area contributed by atoms with Gasteiger partial charge < -0.3 is 21.3 Å². The first-order valence-electron chi connectivity index (χ1n) is 20.3. The van der Waals surface area contributed by atoms with E-state index >= 15 is 0 Å². The predicted molar refractivity (Wildman–Crippen MR) is 257 cm³/mol. The Morgan fingerprint density at radius 1 is 0.600 bits per heavy atom. The van der Waals surface area contributed by atoms with Gasteiger partial charge >= 0.3 is 11.9 Å². The van der Waals surface area contributed by atoms with Gasteiger partial charge in [0.05, 0.1) is 63.7 Å². The van der Waals surface area contributed by atoms with Crippen LogP contribution in [0.5, 0.6) is 0 Å². The number of carboxylic acid groups (broad SMARTS) is 1. The van der Waals surface area contributed by atoms with E-state index in [2.05, 4.69) is 64.2 Å². The second kappa shape index (κ2) is 18.3. The predicted octanol–water partition coefficient (Wildman–Crippen LogP) is 9.10. The first kappa shape index (κ1) is 42.7. The molecule has 0 radical (unpaired) electrons. The molecule has 322 valence electrons. The smallest absolute Gasteiger partial charge is 0.309 e. The molecule has 0 amide bonds. The van der Waals surface area contributed by atoms with Gasteiger partial charge in [0.25, 0.3) is 0 Å². The molecule has 0 aliphatic heterocycles. The molecule has 10 rings (SSSR count). The van der Waals surface area contributed by atoms with E-state index < -0.39 is 5.97 Å². The van der Waals surface area contributed by atoms with E-state index in [1.165, 1.54) is 7.11 Å². The van der Waals surface area contributed by atoms with Crippen molar-refractivity contribution in [2.75, 3.05) is 18.6 Å². The number of anilines is 2. The molecule has 6 heterocycles. The normalized spacial score (nSPS) is 11.2. The molecule has 0 saturated heterocycles. The first-order valence-corrected chi connectivity index (χ1v) is 21.9. The van der Waals surface area contributed by atoms with Gasteiger partial charge in [-0.3, -0.25) is 19.6 Å². The summed E-state index contributed by atoms with van der Waals surface area (Å²) in [5.41, 5.74) is 24.8. The van der Waals surface area contributed by atoms with Crippen molar-refractivity contribution in [1.82, 2.24) is 39.2 Å². The number of benzene rings is 4. The number of para-hydroxylation sites is 2. The Bertz CT molecular complexity index is 3430. The van der Waals surface area contributed by atoms with Gasteiger partial charge in [-0.1, -0.05) is 84.9 Å². The maximum atomic E-state index is 11.5. The lowest BCUT2D eigenvalue weighted by molar-refractivity contribution is -0.140. The van der Waals surface area contributed by atoms with Crippen molar-refractivity contribution in [3.05, 3.63) is 177 Å². The van der Waals surface area contributed by atoms with E-state index in [0.29, 0.717) is 44.7 Å². The van der Waals surface area contributed by atoms with Crippen molar-refractivity contribution in [2.24, 2.45) is 0 Å². The van der Waals surface area contributed by atoms with Crippen LogP contribution in [0.25, 0.3) is 55.4 Å². The third kappa shape index (κ3) is 8.99. The van der Waals surface area contributed by atoms with E-state index in [1.54, 1.807) is 21.4 Å². The van der Waals surface area contributed by atoms with Crippen LogP contribution in [-0.2, 0) is 40.0 Å². The van der Waals surface area contributed by atoms with Crippen LogP contribution in [0.4, 0.5) is 11.6 Å². The highest BCUT2D eigenvalue weighted by atomic mass is 79.9. The lowest BCUT2D eigenvalue weighted by Gasteiger charge is -2.10. The van der Waals surface area contributed by atoms with Gasteiger partial charge in [0, 0.05) is 58.3 Å². The zero-order valence-electron chi connectivity index (χ0n) is 34.7. The van der Waals surface area contributed by atoms with E-state index in [-0.39, 0.29) is 18.8 Å². The minimum absolute atomic E-state index is 0.000109. The van der Waals surface area contributed by atoms with Gasteiger partial charge in [0.1, 0.15) is 11.6 Å². The number of nitrogens with zero attached hydrogens (tertiary/aromatic N) is 8. The summed E-state index contributed by atoms with van der Waals surface area (Å²) in [6.45, 7) is 0. The maximum Gasteiger partial charge on any atom is 0.309 e. The number of carboxylic acids is 1. The van der Waals surface area contributed by atoms with Crippen LogP contribution in [-0.4, -0.2) is 63.3 Å². The summed E-state index contributed by atoms with van der Waals surface area (Å²) in [5.74, 6) is -0.163. The number of pyridine rings is 2. The highest BCUT2D eigenvalue weighted by Crippen LogP contribution is 2.33. The number of aliphatic carboxylic acids is 1. The first-order chi connectivity index (χ1) is 31.5. The Kier molecular flexibility index (Phi) is 12.0. The number of methoxy groups -OCH3 is 1. The Hall–Kier alpha value is -7.56. The highest BCUT2D eigenvalue weighted by Gasteiger charge is 2.19. The van der Waals surface area contributed by atoms with Crippen LogP contribution in [0.15, 0.2) is 143 Å². The largest absolute Gasteiger partial charge is 0.481 e. The zero-order valence-corrected chi connectivity index (χ0v) is 37.9. The molecule has 0 aliphatic carbocycles. The molecule has 65 heavy (non-hydrogen) atoms. The molecule has 0 unspecified atom stereocenters. The van der Waals surface area contributed by atoms with Crippen LogP contribution in [0.1, 0.15) is 33.6 Å². The van der Waals surface area contributed by atoms with Gasteiger partial charge in [0.2, 0.25) is 0 Å². The molecule has 0 atom stereocenters. The number of hydrogen-bond acceptors (Lipinski definition) is 11. The molecule has 0 aliphatic rings. The Labute approximate surface area is 388 Å². The molecule has 4 aromatic carbocycles. The molecule has 16 heteroatoms. The summed E-state index contributed by atoms with van der Waals surface area (Å²) in [7, 11) is 1.39. The fourth-order valence-corrected chi connectivity index (χ4v) is 8.31. The SMILES string of the molecule is COC(=O)Cc1ccc(Cc2nc3c(-c4cnc5ccccc5c4)cnn3c(N)c2Br)cc1.Nc1c(Br)c(Cc2ccc(CC(=O)O)cc2)nc2c(-c3cnc4ccccc4c3)cnn12. The minimum Gasteiger partial charge on any atom is -0.481 e. The van der Waals surface area contributed by atoms with Gasteiger partial charge in [-0.05, 0) is 78.4 Å². The van der Waals surface area contributed by atoms with Crippen molar-refractivity contribution in [3.8, 4) is 22.3 Å². The number of hydrogen-bond donors (Lipinski definition) is 3. The number of esters is 1. The summed E-state index contributed by atoms with van der Waals surface area (Å²) in [5, 5.41) is 19.9. The number of aromatic nitrogens is 8. The van der Waals surface area contributed by atoms with Crippen LogP contribution in [0.3, 0.4) is 0 Å². The van der Waals surface area contributed by atoms with Gasteiger partial charge in [-0.15, -0.1) is 0 Å². The summed E-state index contributed by atoms with van der Waals surface area (Å²) >= 11 is 7.16. The highest BCUT2D eigenvalue weighted by molar-refractivity contribution is 9.11. The number of rotatable bonds is 10. The van der Waals surface area contributed by atoms with Crippen molar-refractivity contribution in [3.63, 3.8) is 0 Å². The molecule has 6 aromatic heterocycles. The van der Waals surface area contributed by atoms with Crippen LogP contribution in [0, 0.1) is 0 Å². The molecule has 5 N–H and O–H groups in total. The lowest BCUT2D eigenvalue weighted by Crippen LogP contribution is -2.07. The minimum atomic E-state index is -0.850. The maximum absolute atomic E-state index is 11.5. The second-order valence-electron chi connectivity index (χ2n) is 15.2. The Balaban J connectivity index is 0.000000164. The number of carbonyl (C=O) groups excluding carboxylic acids is 1. The standard InChI is InChI=1S/C25H20BrN5O2.C24H18BrN5O2/c1-33-22(32)11-16-8-6-15(7-9-16)10-21-23(26)24(27)31-25(30-21)19(14-29-31)18-12-17-4-2-3-5-20(17)28-13-18;25-22-20(9-14-5-7-15(8-6-14)10-21(31)32)29-24-18(13-28-30(24)23(22)26)17-11-16-3-1-2-4-19(16)27-12-17/h2-9,12-14H,10-11,27H2,1H3;1-8,11-13H,9-10,26H2,(H,31,32). The van der Waals surface area contributed by atoms with Crippen molar-refractivity contribution >= 4 is 88.5 Å². The monoisotopic (exact) mass is 988 g/mol. The molecule has 0 spiro atoms. The summed E-state index contributed by atoms with van der Waals surface area (Å²) in [6, 6.07) is 35.4. The number of nitrogen functional groups attached to an aromatic ring is 2. The number of ether oxygens (including phenoxy) is 1. The molecular formula is C49H38Br2N10O4. The third-order valence-electron chi connectivity index (χ3n) is 10.9. The number of carbonyl (C=O) groups is 2. The third-order valence-corrected chi connectivity index (χ3v) is 12.6. The van der Waals surface area contributed by atoms with Gasteiger partial charge in [-0.25, -0.2) is 9.97 Å². The number of nitrogens with two attached hydrogens (primary N) is 2. The summed E-state index contributed by atoms with van der Waals surface area (Å²) in [6.07, 6.45) is 8.52. The Morgan fingerprint density at radius 2 is 1.02 bits per heavy atom. The summed E-state index contributed by atoms with van der Waals surface area (Å²) < 4.78 is 9.38. The Morgan fingerprint density at radius 3 is 1.45 bits per heavy atom. The van der Waals surface area contributed by atoms with Crippen molar-refractivity contribution < 1.29 is 19.4 Å². The molecular weight excluding hydrogens is 952 g/mol. The average molecular weight is 991 g/mol. The second-order valence-corrected chi connectivity index (χ2v) is 16.8. The molecule has 14 nitrogen and oxygen atoms in total. The zero-order chi connectivity index (χ0) is 45.2. The van der Waals surface area contributed by atoms with E-state index in [9.17, 15) is 9.59 Å². The van der Waals surface area contributed by atoms with E-state index in [1.807, 2.05) is 109 Å². The quantitative estimate of drug-likeness (QED) is 0.110. The molecule has 0 fully saturated rings. The summed E-state index contributed by atoms with van der Waals surface area (Å²) in [4.78, 5) is 41.3. The molecule has 10 aromatic rings. The van der Waals surface area contributed by atoms with E-state index in [4.69, 9.17) is 31.3 Å². The molecule has 0 saturated carbocycles. The fraction of sp³-hybridized carbons (Fsp3) is 0.102. The number of fused-ring (bicyclic) bond motifs is 4. The number of halogens is 2. The van der Waals surface area contributed by atoms with Gasteiger partial charge in [-0.2, -0.15) is 19.2 Å². The van der Waals surface area contributed by atoms with Crippen LogP contribution >= 0.6 is 31.9 Å². The molecule has 0 bridgehead atoms. The van der Waals surface area contributed by atoms with Crippen molar-refractivity contribution in [1.29, 1.82) is 0 Å². The van der Waals surface area contributed by atoms with Crippen LogP contribution in [0.2, 0.25) is 0 Å².